The molecule has 146 valence electrons. The number of aryl methyl sites for hydroxylation is 1. The molecule has 1 aromatic heterocycles. The van der Waals surface area contributed by atoms with E-state index in [1.165, 1.54) is 26.5 Å². The second-order valence-electron chi connectivity index (χ2n) is 6.18. The Balaban J connectivity index is 1.95. The number of dihydropyridines is 1. The lowest BCUT2D eigenvalue weighted by molar-refractivity contribution is -0.142. The molecule has 0 aliphatic carbocycles. The molecular formula is C20H21N3O5. The van der Waals surface area contributed by atoms with E-state index in [9.17, 15) is 9.90 Å². The maximum Gasteiger partial charge on any atom is 0.332 e. The first-order valence-electron chi connectivity index (χ1n) is 8.70. The van der Waals surface area contributed by atoms with E-state index in [1.807, 2.05) is 30.3 Å². The quantitative estimate of drug-likeness (QED) is 0.746. The normalized spacial score (nSPS) is 20.6. The Kier molecular flexibility index (Phi) is 5.88. The highest BCUT2D eigenvalue weighted by Crippen LogP contribution is 2.32. The van der Waals surface area contributed by atoms with Crippen molar-refractivity contribution in [1.29, 1.82) is 0 Å². The summed E-state index contributed by atoms with van der Waals surface area (Å²) in [6.45, 7) is 0. The van der Waals surface area contributed by atoms with Crippen molar-refractivity contribution in [2.24, 2.45) is 4.99 Å². The number of rotatable bonds is 8. The molecule has 0 bridgehead atoms. The van der Waals surface area contributed by atoms with Gasteiger partial charge >= 0.3 is 12.0 Å². The largest absolute Gasteiger partial charge is 0.481 e. The lowest BCUT2D eigenvalue weighted by atomic mass is 9.85. The number of hydrogen-bond acceptors (Lipinski definition) is 7. The van der Waals surface area contributed by atoms with Crippen molar-refractivity contribution < 1.29 is 24.1 Å². The van der Waals surface area contributed by atoms with Crippen LogP contribution in [0.25, 0.3) is 0 Å². The number of hydrogen-bond donors (Lipinski definition) is 1. The number of aromatic nitrogens is 2. The average Bonchev–Trinajstić information content (AvgIpc) is 2.73. The first-order valence-corrected chi connectivity index (χ1v) is 8.70. The summed E-state index contributed by atoms with van der Waals surface area (Å²) in [4.78, 5) is 24.4. The van der Waals surface area contributed by atoms with Gasteiger partial charge in [-0.1, -0.05) is 30.3 Å². The summed E-state index contributed by atoms with van der Waals surface area (Å²) in [7, 11) is 2.92. The minimum absolute atomic E-state index is 0.0442. The van der Waals surface area contributed by atoms with Crippen LogP contribution in [0.3, 0.4) is 0 Å². The van der Waals surface area contributed by atoms with Crippen molar-refractivity contribution in [3.63, 3.8) is 0 Å². The second-order valence-corrected chi connectivity index (χ2v) is 6.18. The molecule has 8 heteroatoms. The van der Waals surface area contributed by atoms with Crippen LogP contribution in [0.5, 0.6) is 17.8 Å². The fourth-order valence-electron chi connectivity index (χ4n) is 2.99. The number of benzene rings is 1. The fourth-order valence-corrected chi connectivity index (χ4v) is 2.99. The number of aliphatic carboxylic acids is 1. The summed E-state index contributed by atoms with van der Waals surface area (Å²) < 4.78 is 16.4. The average molecular weight is 383 g/mol. The van der Waals surface area contributed by atoms with E-state index in [-0.39, 0.29) is 17.8 Å². The Morgan fingerprint density at radius 1 is 1.14 bits per heavy atom. The summed E-state index contributed by atoms with van der Waals surface area (Å²) in [5, 5.41) is 9.73. The fraction of sp³-hybridized carbons (Fsp3) is 0.300. The van der Waals surface area contributed by atoms with Crippen LogP contribution in [0.15, 0.2) is 53.5 Å². The third-order valence-electron chi connectivity index (χ3n) is 4.40. The van der Waals surface area contributed by atoms with Gasteiger partial charge in [-0.15, -0.1) is 0 Å². The number of carbonyl (C=O) groups is 1. The highest BCUT2D eigenvalue weighted by atomic mass is 16.5. The van der Waals surface area contributed by atoms with E-state index >= 15 is 0 Å². The standard InChI is InChI=1S/C20H21N3O5/c1-26-15-13-16(27-2)23-19(22-15)28-20(10-6-12-21-17(20)18(24)25)11-9-14-7-4-3-5-8-14/h3-8,10,12-13,17H,9,11H2,1-2H3,(H,24,25). The number of carboxylic acids is 1. The van der Waals surface area contributed by atoms with Gasteiger partial charge in [0.2, 0.25) is 11.8 Å². The highest BCUT2D eigenvalue weighted by molar-refractivity contribution is 5.83. The molecule has 2 heterocycles. The molecule has 2 unspecified atom stereocenters. The molecule has 1 aliphatic heterocycles. The lowest BCUT2D eigenvalue weighted by Gasteiger charge is -2.35. The molecule has 0 saturated carbocycles. The van der Waals surface area contributed by atoms with Crippen LogP contribution in [0, 0.1) is 0 Å². The van der Waals surface area contributed by atoms with Crippen molar-refractivity contribution >= 4 is 12.2 Å². The van der Waals surface area contributed by atoms with Gasteiger partial charge in [0.25, 0.3) is 0 Å². The summed E-state index contributed by atoms with van der Waals surface area (Å²) in [5.74, 6) is -0.603. The minimum Gasteiger partial charge on any atom is -0.481 e. The van der Waals surface area contributed by atoms with Crippen molar-refractivity contribution in [3.05, 3.63) is 54.1 Å². The zero-order chi connectivity index (χ0) is 20.0. The summed E-state index contributed by atoms with van der Waals surface area (Å²) in [6, 6.07) is 10.1. The number of ether oxygens (including phenoxy) is 3. The number of allylic oxidation sites excluding steroid dienone is 1. The van der Waals surface area contributed by atoms with E-state index in [0.717, 1.165) is 5.56 Å². The predicted octanol–water partition coefficient (Wildman–Crippen LogP) is 2.34. The summed E-state index contributed by atoms with van der Waals surface area (Å²) in [6.07, 6.45) is 5.77. The summed E-state index contributed by atoms with van der Waals surface area (Å²) >= 11 is 0. The van der Waals surface area contributed by atoms with E-state index in [1.54, 1.807) is 12.2 Å². The smallest absolute Gasteiger partial charge is 0.332 e. The van der Waals surface area contributed by atoms with Crippen LogP contribution in [-0.4, -0.2) is 53.1 Å². The maximum absolute atomic E-state index is 11.9. The molecule has 8 nitrogen and oxygen atoms in total. The Morgan fingerprint density at radius 2 is 1.82 bits per heavy atom. The Bertz CT molecular complexity index is 862. The van der Waals surface area contributed by atoms with Crippen LogP contribution >= 0.6 is 0 Å². The van der Waals surface area contributed by atoms with Crippen LogP contribution in [0.2, 0.25) is 0 Å². The third-order valence-corrected chi connectivity index (χ3v) is 4.40. The lowest BCUT2D eigenvalue weighted by Crippen LogP contribution is -2.51. The molecule has 0 saturated heterocycles. The Labute approximate surface area is 162 Å². The molecule has 2 atom stereocenters. The molecule has 1 aliphatic rings. The number of nitrogens with zero attached hydrogens (tertiary/aromatic N) is 3. The second kappa shape index (κ2) is 8.51. The van der Waals surface area contributed by atoms with Crippen molar-refractivity contribution in [3.8, 4) is 17.8 Å². The monoisotopic (exact) mass is 383 g/mol. The van der Waals surface area contributed by atoms with E-state index in [2.05, 4.69) is 15.0 Å². The van der Waals surface area contributed by atoms with Gasteiger partial charge in [0.15, 0.2) is 11.6 Å². The Morgan fingerprint density at radius 3 is 2.43 bits per heavy atom. The van der Waals surface area contributed by atoms with E-state index in [4.69, 9.17) is 14.2 Å². The zero-order valence-electron chi connectivity index (χ0n) is 15.6. The summed E-state index contributed by atoms with van der Waals surface area (Å²) in [5.41, 5.74) is -0.199. The van der Waals surface area contributed by atoms with Crippen LogP contribution in [0.4, 0.5) is 0 Å². The van der Waals surface area contributed by atoms with Gasteiger partial charge < -0.3 is 19.3 Å². The number of aliphatic imine (C=N–C) groups is 1. The first-order chi connectivity index (χ1) is 13.6. The molecule has 0 amide bonds. The maximum atomic E-state index is 11.9. The molecule has 0 fully saturated rings. The van der Waals surface area contributed by atoms with Gasteiger partial charge in [-0.2, -0.15) is 9.97 Å². The molecule has 3 rings (SSSR count). The van der Waals surface area contributed by atoms with Crippen LogP contribution < -0.4 is 14.2 Å². The third kappa shape index (κ3) is 4.28. The van der Waals surface area contributed by atoms with E-state index < -0.39 is 17.6 Å². The zero-order valence-corrected chi connectivity index (χ0v) is 15.6. The van der Waals surface area contributed by atoms with Gasteiger partial charge in [0.1, 0.15) is 0 Å². The van der Waals surface area contributed by atoms with Crippen molar-refractivity contribution in [1.82, 2.24) is 9.97 Å². The van der Waals surface area contributed by atoms with Crippen molar-refractivity contribution in [2.75, 3.05) is 14.2 Å². The molecule has 1 aromatic carbocycles. The molecule has 2 aromatic rings. The molecular weight excluding hydrogens is 362 g/mol. The van der Waals surface area contributed by atoms with Crippen LogP contribution in [-0.2, 0) is 11.2 Å². The number of methoxy groups -OCH3 is 2. The molecule has 0 spiro atoms. The van der Waals surface area contributed by atoms with Crippen LogP contribution in [0.1, 0.15) is 12.0 Å². The van der Waals surface area contributed by atoms with Gasteiger partial charge in [-0.25, -0.2) is 4.79 Å². The molecule has 0 radical (unpaired) electrons. The molecule has 28 heavy (non-hydrogen) atoms. The van der Waals surface area contributed by atoms with Gasteiger partial charge in [-0.3, -0.25) is 4.99 Å². The highest BCUT2D eigenvalue weighted by Gasteiger charge is 2.45. The van der Waals surface area contributed by atoms with E-state index in [0.29, 0.717) is 12.8 Å². The first kappa shape index (κ1) is 19.3. The van der Waals surface area contributed by atoms with Gasteiger partial charge in [0.05, 0.1) is 20.3 Å². The topological polar surface area (TPSA) is 103 Å². The minimum atomic E-state index is -1.26. The SMILES string of the molecule is COc1cc(OC)nc(OC2(CCc3ccccc3)C=CC=NC2C(=O)O)n1. The predicted molar refractivity (Wildman–Crippen MR) is 102 cm³/mol. The van der Waals surface area contributed by atoms with Gasteiger partial charge in [0, 0.05) is 6.21 Å². The van der Waals surface area contributed by atoms with Gasteiger partial charge in [-0.05, 0) is 30.6 Å². The number of carboxylic acid groups (broad SMARTS) is 1. The Hall–Kier alpha value is -3.42. The molecule has 1 N–H and O–H groups in total. The van der Waals surface area contributed by atoms with Crippen molar-refractivity contribution in [2.45, 2.75) is 24.5 Å².